The molecule has 2 amide bonds. The van der Waals surface area contributed by atoms with Crippen LogP contribution in [0.3, 0.4) is 0 Å². The molecule has 2 fully saturated rings. The average molecular weight is 337 g/mol. The molecule has 3 heterocycles. The van der Waals surface area contributed by atoms with Crippen LogP contribution in [0.1, 0.15) is 12.1 Å². The number of hydrogen-bond acceptors (Lipinski definition) is 5. The first kappa shape index (κ1) is 17.2. The van der Waals surface area contributed by atoms with E-state index in [0.717, 1.165) is 50.7 Å². The van der Waals surface area contributed by atoms with Gasteiger partial charge in [-0.05, 0) is 13.3 Å². The highest BCUT2D eigenvalue weighted by Crippen LogP contribution is 2.15. The van der Waals surface area contributed by atoms with Gasteiger partial charge in [0.1, 0.15) is 0 Å². The lowest BCUT2D eigenvalue weighted by molar-refractivity contribution is -0.00983. The molecule has 2 aliphatic heterocycles. The first-order chi connectivity index (χ1) is 11.6. The highest BCUT2D eigenvalue weighted by molar-refractivity contribution is 5.89. The van der Waals surface area contributed by atoms with Crippen molar-refractivity contribution in [3.63, 3.8) is 0 Å². The lowest BCUT2D eigenvalue weighted by atomic mass is 10.2. The second-order valence-electron chi connectivity index (χ2n) is 6.40. The number of rotatable bonds is 3. The molecule has 1 atom stereocenters. The maximum atomic E-state index is 12.6. The van der Waals surface area contributed by atoms with Gasteiger partial charge in [-0.25, -0.2) is 4.79 Å². The predicted molar refractivity (Wildman–Crippen MR) is 90.2 cm³/mol. The van der Waals surface area contributed by atoms with Crippen LogP contribution in [0.4, 0.5) is 10.5 Å². The lowest BCUT2D eigenvalue weighted by Gasteiger charge is -2.31. The molecule has 0 bridgehead atoms. The third kappa shape index (κ3) is 4.25. The van der Waals surface area contributed by atoms with E-state index in [1.165, 1.54) is 0 Å². The van der Waals surface area contributed by atoms with Gasteiger partial charge in [0.05, 0.1) is 36.9 Å². The Morgan fingerprint density at radius 2 is 2.12 bits per heavy atom. The SMILES string of the molecule is Cc1c(NC(=O)N2CCCOC(CN3CCOCC3)C2)cnn1C. The van der Waals surface area contributed by atoms with Crippen LogP contribution in [0.15, 0.2) is 6.20 Å². The summed E-state index contributed by atoms with van der Waals surface area (Å²) in [5.41, 5.74) is 1.71. The third-order valence-electron chi connectivity index (χ3n) is 4.68. The number of urea groups is 1. The van der Waals surface area contributed by atoms with E-state index in [9.17, 15) is 4.79 Å². The summed E-state index contributed by atoms with van der Waals surface area (Å²) in [6.45, 7) is 8.22. The zero-order valence-electron chi connectivity index (χ0n) is 14.5. The number of nitrogens with zero attached hydrogens (tertiary/aromatic N) is 4. The number of carbonyl (C=O) groups is 1. The van der Waals surface area contributed by atoms with Crippen molar-refractivity contribution in [1.82, 2.24) is 19.6 Å². The minimum absolute atomic E-state index is 0.0475. The maximum Gasteiger partial charge on any atom is 0.322 e. The number of aromatic nitrogens is 2. The number of anilines is 1. The average Bonchev–Trinajstić information content (AvgIpc) is 2.79. The minimum Gasteiger partial charge on any atom is -0.379 e. The van der Waals surface area contributed by atoms with E-state index >= 15 is 0 Å². The van der Waals surface area contributed by atoms with Crippen LogP contribution < -0.4 is 5.32 Å². The van der Waals surface area contributed by atoms with Crippen molar-refractivity contribution < 1.29 is 14.3 Å². The van der Waals surface area contributed by atoms with Crippen molar-refractivity contribution >= 4 is 11.7 Å². The Bertz CT molecular complexity index is 556. The molecule has 1 aromatic rings. The topological polar surface area (TPSA) is 71.9 Å². The number of amides is 2. The van der Waals surface area contributed by atoms with Gasteiger partial charge in [0.15, 0.2) is 0 Å². The number of ether oxygens (including phenoxy) is 2. The summed E-state index contributed by atoms with van der Waals surface area (Å²) in [6.07, 6.45) is 2.59. The Balaban J connectivity index is 1.57. The monoisotopic (exact) mass is 337 g/mol. The van der Waals surface area contributed by atoms with Gasteiger partial charge in [-0.15, -0.1) is 0 Å². The Hall–Kier alpha value is -1.64. The maximum absolute atomic E-state index is 12.6. The summed E-state index contributed by atoms with van der Waals surface area (Å²) in [4.78, 5) is 16.8. The van der Waals surface area contributed by atoms with Crippen LogP contribution in [0.5, 0.6) is 0 Å². The van der Waals surface area contributed by atoms with Crippen LogP contribution in [-0.2, 0) is 16.5 Å². The number of carbonyl (C=O) groups excluding carboxylic acids is 1. The minimum atomic E-state index is -0.0800. The van der Waals surface area contributed by atoms with Crippen LogP contribution in [0.25, 0.3) is 0 Å². The molecule has 1 N–H and O–H groups in total. The van der Waals surface area contributed by atoms with Gasteiger partial charge in [-0.1, -0.05) is 0 Å². The highest BCUT2D eigenvalue weighted by atomic mass is 16.5. The van der Waals surface area contributed by atoms with Crippen LogP contribution in [0.2, 0.25) is 0 Å². The van der Waals surface area contributed by atoms with E-state index in [0.29, 0.717) is 19.7 Å². The quantitative estimate of drug-likeness (QED) is 0.878. The first-order valence-electron chi connectivity index (χ1n) is 8.59. The van der Waals surface area contributed by atoms with Crippen molar-refractivity contribution in [2.24, 2.45) is 7.05 Å². The molecule has 3 rings (SSSR count). The smallest absolute Gasteiger partial charge is 0.322 e. The third-order valence-corrected chi connectivity index (χ3v) is 4.68. The fourth-order valence-electron chi connectivity index (χ4n) is 3.08. The van der Waals surface area contributed by atoms with Gasteiger partial charge in [0.2, 0.25) is 0 Å². The second kappa shape index (κ2) is 7.96. The number of morpholine rings is 1. The van der Waals surface area contributed by atoms with Crippen molar-refractivity contribution in [3.05, 3.63) is 11.9 Å². The van der Waals surface area contributed by atoms with Crippen molar-refractivity contribution in [3.8, 4) is 0 Å². The number of hydrogen-bond donors (Lipinski definition) is 1. The number of nitrogens with one attached hydrogen (secondary N) is 1. The van der Waals surface area contributed by atoms with E-state index in [1.807, 2.05) is 18.9 Å². The molecule has 24 heavy (non-hydrogen) atoms. The van der Waals surface area contributed by atoms with Crippen LogP contribution in [0, 0.1) is 6.92 Å². The van der Waals surface area contributed by atoms with Crippen molar-refractivity contribution in [2.45, 2.75) is 19.4 Å². The fraction of sp³-hybridized carbons (Fsp3) is 0.750. The van der Waals surface area contributed by atoms with Crippen LogP contribution in [-0.4, -0.2) is 84.3 Å². The molecule has 0 saturated carbocycles. The van der Waals surface area contributed by atoms with Crippen molar-refractivity contribution in [2.75, 3.05) is 57.9 Å². The standard InChI is InChI=1S/C16H27N5O3/c1-13-15(10-17-19(13)2)18-16(22)21-4-3-7-24-14(12-21)11-20-5-8-23-9-6-20/h10,14H,3-9,11-12H2,1-2H3,(H,18,22). The zero-order valence-corrected chi connectivity index (χ0v) is 14.5. The molecule has 2 aliphatic rings. The predicted octanol–water partition coefficient (Wildman–Crippen LogP) is 0.684. The normalized spacial score (nSPS) is 23.1. The molecule has 1 unspecified atom stereocenters. The van der Waals surface area contributed by atoms with Gasteiger partial charge in [0, 0.05) is 46.4 Å². The Labute approximate surface area is 142 Å². The molecule has 0 radical (unpaired) electrons. The summed E-state index contributed by atoms with van der Waals surface area (Å²) >= 11 is 0. The van der Waals surface area contributed by atoms with Crippen LogP contribution >= 0.6 is 0 Å². The molecule has 1 aromatic heterocycles. The zero-order chi connectivity index (χ0) is 16.9. The second-order valence-corrected chi connectivity index (χ2v) is 6.40. The van der Waals surface area contributed by atoms with Gasteiger partial charge in [-0.3, -0.25) is 9.58 Å². The molecule has 8 nitrogen and oxygen atoms in total. The van der Waals surface area contributed by atoms with Gasteiger partial charge < -0.3 is 19.7 Å². The molecule has 0 spiro atoms. The Kier molecular flexibility index (Phi) is 5.70. The van der Waals surface area contributed by atoms with E-state index in [1.54, 1.807) is 10.9 Å². The fourth-order valence-corrected chi connectivity index (χ4v) is 3.08. The summed E-state index contributed by atoms with van der Waals surface area (Å²) in [5.74, 6) is 0. The molecular formula is C16H27N5O3. The van der Waals surface area contributed by atoms with E-state index < -0.39 is 0 Å². The summed E-state index contributed by atoms with van der Waals surface area (Å²) in [5, 5.41) is 7.13. The molecule has 2 saturated heterocycles. The lowest BCUT2D eigenvalue weighted by Crippen LogP contribution is -2.46. The van der Waals surface area contributed by atoms with E-state index in [-0.39, 0.29) is 12.1 Å². The van der Waals surface area contributed by atoms with Gasteiger partial charge >= 0.3 is 6.03 Å². The van der Waals surface area contributed by atoms with Crippen molar-refractivity contribution in [1.29, 1.82) is 0 Å². The summed E-state index contributed by atoms with van der Waals surface area (Å²) in [7, 11) is 1.86. The highest BCUT2D eigenvalue weighted by Gasteiger charge is 2.25. The first-order valence-corrected chi connectivity index (χ1v) is 8.59. The molecule has 0 aliphatic carbocycles. The molecule has 134 valence electrons. The molecular weight excluding hydrogens is 310 g/mol. The largest absolute Gasteiger partial charge is 0.379 e. The molecule has 0 aromatic carbocycles. The number of aryl methyl sites for hydroxylation is 1. The van der Waals surface area contributed by atoms with Gasteiger partial charge in [-0.2, -0.15) is 5.10 Å². The van der Waals surface area contributed by atoms with Gasteiger partial charge in [0.25, 0.3) is 0 Å². The van der Waals surface area contributed by atoms with E-state index in [4.69, 9.17) is 9.47 Å². The summed E-state index contributed by atoms with van der Waals surface area (Å²) in [6, 6.07) is -0.0800. The Morgan fingerprint density at radius 1 is 1.33 bits per heavy atom. The summed E-state index contributed by atoms with van der Waals surface area (Å²) < 4.78 is 13.1. The molecule has 8 heteroatoms. The Morgan fingerprint density at radius 3 is 2.83 bits per heavy atom. The van der Waals surface area contributed by atoms with E-state index in [2.05, 4.69) is 15.3 Å².